The van der Waals surface area contributed by atoms with Gasteiger partial charge in [0.15, 0.2) is 0 Å². The third-order valence-corrected chi connectivity index (χ3v) is 5.01. The molecule has 1 fully saturated rings. The van der Waals surface area contributed by atoms with E-state index in [-0.39, 0.29) is 5.91 Å². The maximum atomic E-state index is 12.8. The van der Waals surface area contributed by atoms with Crippen molar-refractivity contribution in [1.82, 2.24) is 19.9 Å². The standard InChI is InChI=1S/C22H24N6O/c1-26(17-18-7-3-2-4-8-18)21(29)19-10-12-24-22(25-19)28-15-13-27(14-16-28)20-9-5-6-11-23-20/h2-12H,13-17H2,1H3. The average molecular weight is 388 g/mol. The molecule has 7 heteroatoms. The second-order valence-corrected chi connectivity index (χ2v) is 7.05. The predicted octanol–water partition coefficient (Wildman–Crippen LogP) is 2.47. The SMILES string of the molecule is CN(Cc1ccccc1)C(=O)c1ccnc(N2CCN(c3ccccn3)CC2)n1. The molecule has 0 bridgehead atoms. The van der Waals surface area contributed by atoms with Gasteiger partial charge >= 0.3 is 0 Å². The van der Waals surface area contributed by atoms with E-state index in [0.29, 0.717) is 18.2 Å². The molecule has 4 rings (SSSR count). The van der Waals surface area contributed by atoms with Gasteiger partial charge in [0.05, 0.1) is 0 Å². The molecule has 1 aliphatic heterocycles. The summed E-state index contributed by atoms with van der Waals surface area (Å²) in [6.07, 6.45) is 3.48. The number of carbonyl (C=O) groups is 1. The van der Waals surface area contributed by atoms with Gasteiger partial charge < -0.3 is 14.7 Å². The van der Waals surface area contributed by atoms with Gasteiger partial charge in [-0.1, -0.05) is 36.4 Å². The normalized spacial score (nSPS) is 14.0. The van der Waals surface area contributed by atoms with Crippen LogP contribution >= 0.6 is 0 Å². The summed E-state index contributed by atoms with van der Waals surface area (Å²) in [5, 5.41) is 0. The van der Waals surface area contributed by atoms with Crippen LogP contribution in [0.2, 0.25) is 0 Å². The van der Waals surface area contributed by atoms with E-state index in [1.807, 2.05) is 54.7 Å². The van der Waals surface area contributed by atoms with Gasteiger partial charge in [0.25, 0.3) is 5.91 Å². The van der Waals surface area contributed by atoms with Gasteiger partial charge in [-0.25, -0.2) is 15.0 Å². The van der Waals surface area contributed by atoms with Crippen molar-refractivity contribution in [3.8, 4) is 0 Å². The molecule has 0 N–H and O–H groups in total. The summed E-state index contributed by atoms with van der Waals surface area (Å²) < 4.78 is 0. The predicted molar refractivity (Wildman–Crippen MR) is 113 cm³/mol. The lowest BCUT2D eigenvalue weighted by molar-refractivity contribution is 0.0779. The first-order chi connectivity index (χ1) is 14.2. The topological polar surface area (TPSA) is 65.5 Å². The Labute approximate surface area is 170 Å². The minimum atomic E-state index is -0.107. The smallest absolute Gasteiger partial charge is 0.272 e. The van der Waals surface area contributed by atoms with Gasteiger partial charge in [-0.15, -0.1) is 0 Å². The maximum Gasteiger partial charge on any atom is 0.272 e. The highest BCUT2D eigenvalue weighted by Crippen LogP contribution is 2.16. The molecule has 0 atom stereocenters. The molecule has 7 nitrogen and oxygen atoms in total. The third kappa shape index (κ3) is 4.51. The van der Waals surface area contributed by atoms with Crippen molar-refractivity contribution in [2.75, 3.05) is 43.0 Å². The highest BCUT2D eigenvalue weighted by molar-refractivity contribution is 5.92. The summed E-state index contributed by atoms with van der Waals surface area (Å²) in [6.45, 7) is 3.79. The molecule has 0 saturated carbocycles. The number of rotatable bonds is 5. The molecule has 3 heterocycles. The minimum Gasteiger partial charge on any atom is -0.353 e. The monoisotopic (exact) mass is 388 g/mol. The van der Waals surface area contributed by atoms with E-state index in [1.165, 1.54) is 0 Å². The lowest BCUT2D eigenvalue weighted by Crippen LogP contribution is -2.47. The number of aromatic nitrogens is 3. The van der Waals surface area contributed by atoms with Crippen LogP contribution in [0.1, 0.15) is 16.1 Å². The van der Waals surface area contributed by atoms with Crippen molar-refractivity contribution in [3.05, 3.63) is 78.2 Å². The van der Waals surface area contributed by atoms with Crippen molar-refractivity contribution in [1.29, 1.82) is 0 Å². The van der Waals surface area contributed by atoms with E-state index in [1.54, 1.807) is 24.2 Å². The molecule has 29 heavy (non-hydrogen) atoms. The fourth-order valence-corrected chi connectivity index (χ4v) is 3.42. The summed E-state index contributed by atoms with van der Waals surface area (Å²) in [4.78, 5) is 32.2. The second kappa shape index (κ2) is 8.68. The van der Waals surface area contributed by atoms with Crippen LogP contribution in [0.25, 0.3) is 0 Å². The van der Waals surface area contributed by atoms with Crippen LogP contribution in [0.3, 0.4) is 0 Å². The summed E-state index contributed by atoms with van der Waals surface area (Å²) >= 11 is 0. The van der Waals surface area contributed by atoms with Gasteiger partial charge in [0.2, 0.25) is 5.95 Å². The molecule has 0 spiro atoms. The van der Waals surface area contributed by atoms with Gasteiger partial charge in [0, 0.05) is 52.2 Å². The van der Waals surface area contributed by atoms with Gasteiger partial charge in [-0.2, -0.15) is 0 Å². The van der Waals surface area contributed by atoms with Crippen LogP contribution < -0.4 is 9.80 Å². The highest BCUT2D eigenvalue weighted by atomic mass is 16.2. The van der Waals surface area contributed by atoms with Crippen LogP contribution in [0.15, 0.2) is 67.0 Å². The van der Waals surface area contributed by atoms with Crippen molar-refractivity contribution < 1.29 is 4.79 Å². The number of piperazine rings is 1. The molecule has 1 aromatic carbocycles. The minimum absolute atomic E-state index is 0.107. The summed E-state index contributed by atoms with van der Waals surface area (Å²) in [7, 11) is 1.79. The Morgan fingerprint density at radius 3 is 2.34 bits per heavy atom. The number of hydrogen-bond donors (Lipinski definition) is 0. The Balaban J connectivity index is 1.40. The van der Waals surface area contributed by atoms with E-state index < -0.39 is 0 Å². The van der Waals surface area contributed by atoms with Crippen molar-refractivity contribution in [2.24, 2.45) is 0 Å². The Kier molecular flexibility index (Phi) is 5.65. The molecular weight excluding hydrogens is 364 g/mol. The van der Waals surface area contributed by atoms with Crippen LogP contribution in [-0.2, 0) is 6.54 Å². The van der Waals surface area contributed by atoms with Crippen molar-refractivity contribution >= 4 is 17.7 Å². The Morgan fingerprint density at radius 1 is 0.897 bits per heavy atom. The molecule has 0 aliphatic carbocycles. The number of benzene rings is 1. The molecule has 1 amide bonds. The summed E-state index contributed by atoms with van der Waals surface area (Å²) in [5.74, 6) is 1.48. The van der Waals surface area contributed by atoms with E-state index >= 15 is 0 Å². The Hall–Kier alpha value is -3.48. The lowest BCUT2D eigenvalue weighted by Gasteiger charge is -2.35. The van der Waals surface area contributed by atoms with Crippen molar-refractivity contribution in [2.45, 2.75) is 6.54 Å². The quantitative estimate of drug-likeness (QED) is 0.669. The van der Waals surface area contributed by atoms with E-state index in [9.17, 15) is 4.79 Å². The van der Waals surface area contributed by atoms with Crippen LogP contribution in [0.5, 0.6) is 0 Å². The number of amides is 1. The molecule has 0 unspecified atom stereocenters. The van der Waals surface area contributed by atoms with Crippen LogP contribution in [-0.4, -0.2) is 59.0 Å². The van der Waals surface area contributed by atoms with Crippen molar-refractivity contribution in [3.63, 3.8) is 0 Å². The molecule has 1 aliphatic rings. The number of pyridine rings is 1. The average Bonchev–Trinajstić information content (AvgIpc) is 2.80. The van der Waals surface area contributed by atoms with Crippen LogP contribution in [0, 0.1) is 0 Å². The largest absolute Gasteiger partial charge is 0.353 e. The van der Waals surface area contributed by atoms with Gasteiger partial charge in [-0.3, -0.25) is 4.79 Å². The van der Waals surface area contributed by atoms with E-state index in [2.05, 4.69) is 24.8 Å². The molecule has 1 saturated heterocycles. The fraction of sp³-hybridized carbons (Fsp3) is 0.273. The third-order valence-electron chi connectivity index (χ3n) is 5.01. The zero-order chi connectivity index (χ0) is 20.1. The first-order valence-corrected chi connectivity index (χ1v) is 9.74. The zero-order valence-electron chi connectivity index (χ0n) is 16.5. The number of hydrogen-bond acceptors (Lipinski definition) is 6. The fourth-order valence-electron chi connectivity index (χ4n) is 3.42. The number of anilines is 2. The molecule has 0 radical (unpaired) electrons. The first kappa shape index (κ1) is 18.9. The maximum absolute atomic E-state index is 12.8. The number of carbonyl (C=O) groups excluding carboxylic acids is 1. The first-order valence-electron chi connectivity index (χ1n) is 9.74. The Morgan fingerprint density at radius 2 is 1.62 bits per heavy atom. The summed E-state index contributed by atoms with van der Waals surface area (Å²) in [6, 6.07) is 17.6. The van der Waals surface area contributed by atoms with Crippen LogP contribution in [0.4, 0.5) is 11.8 Å². The molecule has 2 aromatic heterocycles. The molecule has 3 aromatic rings. The van der Waals surface area contributed by atoms with Gasteiger partial charge in [-0.05, 0) is 23.8 Å². The van der Waals surface area contributed by atoms with E-state index in [4.69, 9.17) is 0 Å². The highest BCUT2D eigenvalue weighted by Gasteiger charge is 2.21. The molecular formula is C22H24N6O. The number of nitrogens with zero attached hydrogens (tertiary/aromatic N) is 6. The Bertz CT molecular complexity index is 942. The lowest BCUT2D eigenvalue weighted by atomic mass is 10.2. The van der Waals surface area contributed by atoms with E-state index in [0.717, 1.165) is 37.6 Å². The summed E-state index contributed by atoms with van der Waals surface area (Å²) in [5.41, 5.74) is 1.50. The van der Waals surface area contributed by atoms with Gasteiger partial charge in [0.1, 0.15) is 11.5 Å². The second-order valence-electron chi connectivity index (χ2n) is 7.05. The zero-order valence-corrected chi connectivity index (χ0v) is 16.5. The molecule has 148 valence electrons.